The third-order valence-corrected chi connectivity index (χ3v) is 3.21. The molecule has 0 bridgehead atoms. The first-order chi connectivity index (χ1) is 8.13. The van der Waals surface area contributed by atoms with Crippen molar-refractivity contribution in [1.29, 1.82) is 0 Å². The lowest BCUT2D eigenvalue weighted by Crippen LogP contribution is -2.56. The number of carbonyl (C=O) groups is 2. The van der Waals surface area contributed by atoms with Gasteiger partial charge in [-0.2, -0.15) is 0 Å². The average Bonchev–Trinajstić information content (AvgIpc) is 2.17. The highest BCUT2D eigenvalue weighted by Crippen LogP contribution is 2.29. The van der Waals surface area contributed by atoms with Crippen molar-refractivity contribution in [2.45, 2.75) is 65.1 Å². The molecular weight excluding hydrogens is 234 g/mol. The van der Waals surface area contributed by atoms with Gasteiger partial charge in [0, 0.05) is 6.04 Å². The number of ether oxygens (including phenoxy) is 1. The second-order valence-corrected chi connectivity index (χ2v) is 6.07. The highest BCUT2D eigenvalue weighted by molar-refractivity contribution is 5.81. The number of rotatable bonds is 1. The second-order valence-electron chi connectivity index (χ2n) is 6.07. The van der Waals surface area contributed by atoms with Crippen LogP contribution in [0.3, 0.4) is 0 Å². The Morgan fingerprint density at radius 2 is 1.78 bits per heavy atom. The number of aliphatic carboxylic acids is 1. The van der Waals surface area contributed by atoms with Crippen LogP contribution in [-0.4, -0.2) is 39.8 Å². The van der Waals surface area contributed by atoms with E-state index in [4.69, 9.17) is 4.74 Å². The zero-order valence-electron chi connectivity index (χ0n) is 11.8. The van der Waals surface area contributed by atoms with E-state index >= 15 is 0 Å². The molecule has 1 aliphatic heterocycles. The quantitative estimate of drug-likeness (QED) is 0.783. The fourth-order valence-corrected chi connectivity index (χ4v) is 2.32. The number of amides is 1. The Morgan fingerprint density at radius 1 is 1.22 bits per heavy atom. The molecule has 5 nitrogen and oxygen atoms in total. The first kappa shape index (κ1) is 14.8. The predicted molar refractivity (Wildman–Crippen MR) is 67.4 cm³/mol. The van der Waals surface area contributed by atoms with Gasteiger partial charge in [0.1, 0.15) is 11.6 Å². The van der Waals surface area contributed by atoms with Gasteiger partial charge in [0.2, 0.25) is 0 Å². The van der Waals surface area contributed by atoms with E-state index in [2.05, 4.69) is 0 Å². The lowest BCUT2D eigenvalue weighted by molar-refractivity contribution is -0.148. The van der Waals surface area contributed by atoms with Gasteiger partial charge >= 0.3 is 12.1 Å². The van der Waals surface area contributed by atoms with E-state index in [1.807, 2.05) is 13.8 Å². The fourth-order valence-electron chi connectivity index (χ4n) is 2.32. The second kappa shape index (κ2) is 5.16. The van der Waals surface area contributed by atoms with Crippen molar-refractivity contribution in [1.82, 2.24) is 4.90 Å². The summed E-state index contributed by atoms with van der Waals surface area (Å²) in [6, 6.07) is -0.888. The first-order valence-corrected chi connectivity index (χ1v) is 6.37. The highest BCUT2D eigenvalue weighted by Gasteiger charge is 2.42. The number of carboxylic acid groups (broad SMARTS) is 1. The summed E-state index contributed by atoms with van der Waals surface area (Å²) < 4.78 is 5.30. The van der Waals surface area contributed by atoms with Gasteiger partial charge in [-0.05, 0) is 46.5 Å². The normalized spacial score (nSPS) is 28.9. The molecule has 3 atom stereocenters. The summed E-state index contributed by atoms with van der Waals surface area (Å²) in [5.74, 6) is -1.01. The van der Waals surface area contributed by atoms with Gasteiger partial charge in [-0.15, -0.1) is 0 Å². The zero-order valence-corrected chi connectivity index (χ0v) is 11.8. The van der Waals surface area contributed by atoms with E-state index in [0.29, 0.717) is 0 Å². The van der Waals surface area contributed by atoms with Gasteiger partial charge in [0.05, 0.1) is 0 Å². The van der Waals surface area contributed by atoms with Crippen LogP contribution in [0.2, 0.25) is 0 Å². The van der Waals surface area contributed by atoms with Gasteiger partial charge in [0.15, 0.2) is 0 Å². The fraction of sp³-hybridized carbons (Fsp3) is 0.846. The van der Waals surface area contributed by atoms with Crippen molar-refractivity contribution in [2.75, 3.05) is 0 Å². The molecule has 5 heteroatoms. The Bertz CT molecular complexity index is 334. The van der Waals surface area contributed by atoms with Crippen LogP contribution >= 0.6 is 0 Å². The Hall–Kier alpha value is -1.26. The summed E-state index contributed by atoms with van der Waals surface area (Å²) in [5.41, 5.74) is -0.611. The van der Waals surface area contributed by atoms with Crippen LogP contribution < -0.4 is 0 Å². The van der Waals surface area contributed by atoms with Gasteiger partial charge in [-0.1, -0.05) is 6.92 Å². The number of carboxylic acids is 1. The van der Waals surface area contributed by atoms with Crippen LogP contribution in [0.15, 0.2) is 0 Å². The molecule has 0 spiro atoms. The molecule has 0 saturated carbocycles. The zero-order chi connectivity index (χ0) is 14.1. The van der Waals surface area contributed by atoms with E-state index in [1.165, 1.54) is 4.90 Å². The maximum absolute atomic E-state index is 12.1. The summed E-state index contributed by atoms with van der Waals surface area (Å²) in [6.07, 6.45) is 1.09. The van der Waals surface area contributed by atoms with Crippen LogP contribution in [0.25, 0.3) is 0 Å². The highest BCUT2D eigenvalue weighted by atomic mass is 16.6. The molecule has 18 heavy (non-hydrogen) atoms. The van der Waals surface area contributed by atoms with Crippen molar-refractivity contribution >= 4 is 12.1 Å². The molecule has 0 aliphatic carbocycles. The minimum Gasteiger partial charge on any atom is -0.480 e. The molecule has 0 radical (unpaired) electrons. The molecule has 104 valence electrons. The average molecular weight is 257 g/mol. The Balaban J connectivity index is 2.92. The van der Waals surface area contributed by atoms with Gasteiger partial charge in [-0.25, -0.2) is 9.59 Å². The third-order valence-electron chi connectivity index (χ3n) is 3.21. The molecule has 0 unspecified atom stereocenters. The van der Waals surface area contributed by atoms with Gasteiger partial charge in [0.25, 0.3) is 0 Å². The van der Waals surface area contributed by atoms with Crippen molar-refractivity contribution in [3.8, 4) is 0 Å². The van der Waals surface area contributed by atoms with E-state index in [-0.39, 0.29) is 12.0 Å². The molecule has 0 aromatic heterocycles. The molecule has 0 aromatic rings. The minimum atomic E-state index is -0.958. The smallest absolute Gasteiger partial charge is 0.411 e. The number of likely N-dealkylation sites (tertiary alicyclic amines) is 1. The summed E-state index contributed by atoms with van der Waals surface area (Å²) in [7, 11) is 0. The molecule has 1 heterocycles. The maximum Gasteiger partial charge on any atom is 0.411 e. The lowest BCUT2D eigenvalue weighted by Gasteiger charge is -2.42. The van der Waals surface area contributed by atoms with Crippen molar-refractivity contribution in [3.63, 3.8) is 0 Å². The summed E-state index contributed by atoms with van der Waals surface area (Å²) >= 11 is 0. The number of carbonyl (C=O) groups excluding carboxylic acids is 1. The largest absolute Gasteiger partial charge is 0.480 e. The van der Waals surface area contributed by atoms with E-state index in [9.17, 15) is 14.7 Å². The molecule has 1 fully saturated rings. The SMILES string of the molecule is C[C@@H]1CC[C@@H](C)N(C(=O)OC(C)(C)C)[C@@H]1C(=O)O. The van der Waals surface area contributed by atoms with Crippen LogP contribution in [0.4, 0.5) is 4.79 Å². The molecule has 1 rings (SSSR count). The van der Waals surface area contributed by atoms with Crippen LogP contribution in [0, 0.1) is 5.92 Å². The van der Waals surface area contributed by atoms with Gasteiger partial charge in [-0.3, -0.25) is 4.90 Å². The van der Waals surface area contributed by atoms with Crippen molar-refractivity contribution < 1.29 is 19.4 Å². The van der Waals surface area contributed by atoms with E-state index < -0.39 is 23.7 Å². The van der Waals surface area contributed by atoms with E-state index in [0.717, 1.165) is 12.8 Å². The molecule has 1 saturated heterocycles. The lowest BCUT2D eigenvalue weighted by atomic mass is 9.87. The Kier molecular flexibility index (Phi) is 4.24. The van der Waals surface area contributed by atoms with Crippen molar-refractivity contribution in [2.24, 2.45) is 5.92 Å². The molecular formula is C13H23NO4. The summed E-state index contributed by atoms with van der Waals surface area (Å²) in [6.45, 7) is 9.06. The monoisotopic (exact) mass is 257 g/mol. The van der Waals surface area contributed by atoms with Crippen molar-refractivity contribution in [3.05, 3.63) is 0 Å². The molecule has 1 amide bonds. The standard InChI is InChI=1S/C13H23NO4/c1-8-6-7-9(2)14(10(8)11(15)16)12(17)18-13(3,4)5/h8-10H,6-7H2,1-5H3,(H,15,16)/t8-,9-,10+/m1/s1. The predicted octanol–water partition coefficient (Wildman–Crippen LogP) is 2.50. The number of hydrogen-bond donors (Lipinski definition) is 1. The molecule has 1 aliphatic rings. The first-order valence-electron chi connectivity index (χ1n) is 6.37. The maximum atomic E-state index is 12.1. The molecule has 1 N–H and O–H groups in total. The number of piperidine rings is 1. The number of nitrogens with zero attached hydrogens (tertiary/aromatic N) is 1. The molecule has 0 aromatic carbocycles. The number of hydrogen-bond acceptors (Lipinski definition) is 3. The van der Waals surface area contributed by atoms with Gasteiger partial charge < -0.3 is 9.84 Å². The van der Waals surface area contributed by atoms with Crippen LogP contribution in [0.5, 0.6) is 0 Å². The van der Waals surface area contributed by atoms with E-state index in [1.54, 1.807) is 20.8 Å². The topological polar surface area (TPSA) is 66.8 Å². The van der Waals surface area contributed by atoms with Crippen LogP contribution in [0.1, 0.15) is 47.5 Å². The minimum absolute atomic E-state index is 0.0498. The Labute approximate surface area is 108 Å². The summed E-state index contributed by atoms with van der Waals surface area (Å²) in [4.78, 5) is 24.8. The third kappa shape index (κ3) is 3.37. The Morgan fingerprint density at radius 3 is 2.22 bits per heavy atom. The summed E-state index contributed by atoms with van der Waals surface area (Å²) in [5, 5.41) is 9.29. The van der Waals surface area contributed by atoms with Crippen LogP contribution in [-0.2, 0) is 9.53 Å².